The molecule has 1 unspecified atom stereocenters. The quantitative estimate of drug-likeness (QED) is 0.675. The molecule has 2 heterocycles. The van der Waals surface area contributed by atoms with Gasteiger partial charge in [-0.2, -0.15) is 0 Å². The molecule has 3 nitrogen and oxygen atoms in total. The third-order valence-corrected chi connectivity index (χ3v) is 3.56. The molecule has 0 aromatic heterocycles. The Hall–Kier alpha value is -0.120. The van der Waals surface area contributed by atoms with Crippen LogP contribution in [0, 0.1) is 0 Å². The van der Waals surface area contributed by atoms with Gasteiger partial charge in [-0.25, -0.2) is 0 Å². The Morgan fingerprint density at radius 3 is 2.69 bits per heavy atom. The first-order chi connectivity index (χ1) is 6.37. The predicted octanol–water partition coefficient (Wildman–Crippen LogP) is 0.461. The monoisotopic (exact) mass is 184 g/mol. The fraction of sp³-hybridized carbons (Fsp3) is 1.00. The number of hydrogen-bond acceptors (Lipinski definition) is 3. The Labute approximate surface area is 80.4 Å². The van der Waals surface area contributed by atoms with Crippen molar-refractivity contribution in [1.82, 2.24) is 10.2 Å². The van der Waals surface area contributed by atoms with Gasteiger partial charge in [-0.15, -0.1) is 0 Å². The van der Waals surface area contributed by atoms with Crippen LogP contribution in [0.3, 0.4) is 0 Å². The van der Waals surface area contributed by atoms with Crippen molar-refractivity contribution in [3.63, 3.8) is 0 Å². The van der Waals surface area contributed by atoms with Crippen molar-refractivity contribution in [3.8, 4) is 0 Å². The highest BCUT2D eigenvalue weighted by molar-refractivity contribution is 4.97. The summed E-state index contributed by atoms with van der Waals surface area (Å²) >= 11 is 0. The summed E-state index contributed by atoms with van der Waals surface area (Å²) in [4.78, 5) is 2.62. The minimum absolute atomic E-state index is 0.448. The Bertz CT molecular complexity index is 160. The lowest BCUT2D eigenvalue weighted by Gasteiger charge is -2.42. The van der Waals surface area contributed by atoms with E-state index in [0.29, 0.717) is 5.54 Å². The molecular formula is C10H20N2O. The lowest BCUT2D eigenvalue weighted by atomic mass is 9.92. The second-order valence-corrected chi connectivity index (χ2v) is 4.10. The fourth-order valence-electron chi connectivity index (χ4n) is 2.56. The smallest absolute Gasteiger partial charge is 0.0594 e. The van der Waals surface area contributed by atoms with E-state index < -0.39 is 0 Å². The van der Waals surface area contributed by atoms with Gasteiger partial charge in [-0.3, -0.25) is 4.90 Å². The number of morpholine rings is 1. The van der Waals surface area contributed by atoms with Gasteiger partial charge in [0.25, 0.3) is 0 Å². The summed E-state index contributed by atoms with van der Waals surface area (Å²) < 4.78 is 5.39. The van der Waals surface area contributed by atoms with E-state index in [0.717, 1.165) is 26.3 Å². The van der Waals surface area contributed by atoms with Crippen LogP contribution in [0.4, 0.5) is 0 Å². The Kier molecular flexibility index (Phi) is 2.86. The Morgan fingerprint density at radius 2 is 2.15 bits per heavy atom. The van der Waals surface area contributed by atoms with Crippen LogP contribution in [0.15, 0.2) is 0 Å². The van der Waals surface area contributed by atoms with Gasteiger partial charge in [-0.05, 0) is 19.4 Å². The average molecular weight is 184 g/mol. The maximum absolute atomic E-state index is 5.39. The minimum Gasteiger partial charge on any atom is -0.379 e. The number of nitrogens with one attached hydrogen (secondary N) is 1. The van der Waals surface area contributed by atoms with Gasteiger partial charge in [-0.1, -0.05) is 6.92 Å². The number of nitrogens with zero attached hydrogens (tertiary/aromatic N) is 1. The zero-order valence-electron chi connectivity index (χ0n) is 8.51. The lowest BCUT2D eigenvalue weighted by Crippen LogP contribution is -2.54. The number of rotatable bonds is 2. The van der Waals surface area contributed by atoms with Crippen LogP contribution in [0.2, 0.25) is 0 Å². The summed E-state index contributed by atoms with van der Waals surface area (Å²) in [6.45, 7) is 8.74. The second kappa shape index (κ2) is 3.95. The molecule has 0 bridgehead atoms. The van der Waals surface area contributed by atoms with Crippen LogP contribution < -0.4 is 5.32 Å². The van der Waals surface area contributed by atoms with Gasteiger partial charge in [0, 0.05) is 25.2 Å². The van der Waals surface area contributed by atoms with E-state index in [1.165, 1.54) is 25.9 Å². The highest BCUT2D eigenvalue weighted by Gasteiger charge is 2.38. The van der Waals surface area contributed by atoms with Gasteiger partial charge in [0.2, 0.25) is 0 Å². The first-order valence-electron chi connectivity index (χ1n) is 5.41. The molecule has 1 atom stereocenters. The molecular weight excluding hydrogens is 164 g/mol. The van der Waals surface area contributed by atoms with Gasteiger partial charge in [0.05, 0.1) is 13.2 Å². The zero-order valence-corrected chi connectivity index (χ0v) is 8.51. The van der Waals surface area contributed by atoms with Crippen molar-refractivity contribution in [2.75, 3.05) is 39.4 Å². The molecule has 2 aliphatic heterocycles. The molecule has 0 amide bonds. The van der Waals surface area contributed by atoms with E-state index >= 15 is 0 Å². The van der Waals surface area contributed by atoms with Crippen LogP contribution >= 0.6 is 0 Å². The summed E-state index contributed by atoms with van der Waals surface area (Å²) in [5, 5.41) is 3.48. The third-order valence-electron chi connectivity index (χ3n) is 3.56. The maximum atomic E-state index is 5.39. The summed E-state index contributed by atoms with van der Waals surface area (Å²) in [6, 6.07) is 0. The van der Waals surface area contributed by atoms with E-state index in [2.05, 4.69) is 17.1 Å². The molecule has 1 N–H and O–H groups in total. The van der Waals surface area contributed by atoms with Gasteiger partial charge in [0.15, 0.2) is 0 Å². The molecule has 0 saturated carbocycles. The Balaban J connectivity index is 2.01. The van der Waals surface area contributed by atoms with Crippen LogP contribution in [0.5, 0.6) is 0 Å². The summed E-state index contributed by atoms with van der Waals surface area (Å²) in [6.07, 6.45) is 2.57. The summed E-state index contributed by atoms with van der Waals surface area (Å²) in [7, 11) is 0. The van der Waals surface area contributed by atoms with Crippen molar-refractivity contribution >= 4 is 0 Å². The lowest BCUT2D eigenvalue weighted by molar-refractivity contribution is -0.0172. The standard InChI is InChI=1S/C10H20N2O/c1-2-10(3-4-11-9-10)12-5-7-13-8-6-12/h11H,2-9H2,1H3. The minimum atomic E-state index is 0.448. The largest absolute Gasteiger partial charge is 0.379 e. The van der Waals surface area contributed by atoms with E-state index in [1.54, 1.807) is 0 Å². The molecule has 2 aliphatic rings. The normalized spacial score (nSPS) is 36.7. The van der Waals surface area contributed by atoms with E-state index in [4.69, 9.17) is 4.74 Å². The number of ether oxygens (including phenoxy) is 1. The maximum Gasteiger partial charge on any atom is 0.0594 e. The molecule has 2 fully saturated rings. The van der Waals surface area contributed by atoms with E-state index in [9.17, 15) is 0 Å². The van der Waals surface area contributed by atoms with Crippen molar-refractivity contribution < 1.29 is 4.74 Å². The molecule has 76 valence electrons. The molecule has 0 aromatic carbocycles. The third kappa shape index (κ3) is 1.73. The van der Waals surface area contributed by atoms with Crippen molar-refractivity contribution in [2.24, 2.45) is 0 Å². The van der Waals surface area contributed by atoms with Gasteiger partial charge < -0.3 is 10.1 Å². The Morgan fingerprint density at radius 1 is 1.38 bits per heavy atom. The van der Waals surface area contributed by atoms with Gasteiger partial charge >= 0.3 is 0 Å². The topological polar surface area (TPSA) is 24.5 Å². The fourth-order valence-corrected chi connectivity index (χ4v) is 2.56. The van der Waals surface area contributed by atoms with Gasteiger partial charge in [0.1, 0.15) is 0 Å². The van der Waals surface area contributed by atoms with Crippen LogP contribution in [0.25, 0.3) is 0 Å². The number of hydrogen-bond donors (Lipinski definition) is 1. The molecule has 0 spiro atoms. The molecule has 13 heavy (non-hydrogen) atoms. The van der Waals surface area contributed by atoms with Crippen molar-refractivity contribution in [2.45, 2.75) is 25.3 Å². The van der Waals surface area contributed by atoms with Crippen LogP contribution in [0.1, 0.15) is 19.8 Å². The SMILES string of the molecule is CCC1(N2CCOCC2)CCNC1. The highest BCUT2D eigenvalue weighted by atomic mass is 16.5. The van der Waals surface area contributed by atoms with E-state index in [-0.39, 0.29) is 0 Å². The average Bonchev–Trinajstić information content (AvgIpc) is 2.69. The predicted molar refractivity (Wildman–Crippen MR) is 52.9 cm³/mol. The van der Waals surface area contributed by atoms with E-state index in [1.807, 2.05) is 0 Å². The zero-order chi connectivity index (χ0) is 9.15. The second-order valence-electron chi connectivity index (χ2n) is 4.10. The summed E-state index contributed by atoms with van der Waals surface area (Å²) in [5.41, 5.74) is 0.448. The highest BCUT2D eigenvalue weighted by Crippen LogP contribution is 2.27. The van der Waals surface area contributed by atoms with Crippen molar-refractivity contribution in [3.05, 3.63) is 0 Å². The first kappa shape index (κ1) is 9.44. The molecule has 0 aromatic rings. The molecule has 0 aliphatic carbocycles. The molecule has 2 saturated heterocycles. The van der Waals surface area contributed by atoms with Crippen molar-refractivity contribution in [1.29, 1.82) is 0 Å². The first-order valence-corrected chi connectivity index (χ1v) is 5.41. The molecule has 0 radical (unpaired) electrons. The van der Waals surface area contributed by atoms with Crippen LogP contribution in [-0.4, -0.2) is 49.8 Å². The summed E-state index contributed by atoms with van der Waals surface area (Å²) in [5.74, 6) is 0. The molecule has 3 heteroatoms. The molecule has 2 rings (SSSR count). The van der Waals surface area contributed by atoms with Crippen LogP contribution in [-0.2, 0) is 4.74 Å².